The van der Waals surface area contributed by atoms with Crippen LogP contribution < -0.4 is 5.32 Å². The highest BCUT2D eigenvalue weighted by Gasteiger charge is 2.28. The molecule has 4 rings (SSSR count). The minimum absolute atomic E-state index is 0.0320. The standard InChI is InChI=1S/C25H30N4O4/c1-2-18-6-5-8-20-22(17-27-25(18)20)21(19-7-3-4-9-23(19)29(31)32)16-24(30)26-10-11-28-12-14-33-15-13-28/h3-9,17,21,27H,2,10-16H2,1H3,(H,26,30). The Morgan fingerprint density at radius 3 is 2.73 bits per heavy atom. The molecule has 0 radical (unpaired) electrons. The first-order chi connectivity index (χ1) is 16.1. The van der Waals surface area contributed by atoms with Crippen molar-refractivity contribution in [2.24, 2.45) is 0 Å². The predicted molar refractivity (Wildman–Crippen MR) is 128 cm³/mol. The molecule has 33 heavy (non-hydrogen) atoms. The van der Waals surface area contributed by atoms with Gasteiger partial charge in [-0.15, -0.1) is 0 Å². The highest BCUT2D eigenvalue weighted by molar-refractivity contribution is 5.88. The molecule has 1 atom stereocenters. The zero-order chi connectivity index (χ0) is 23.2. The molecule has 8 heteroatoms. The van der Waals surface area contributed by atoms with Gasteiger partial charge in [-0.05, 0) is 17.5 Å². The normalized spacial score (nSPS) is 15.4. The van der Waals surface area contributed by atoms with Gasteiger partial charge >= 0.3 is 0 Å². The Balaban J connectivity index is 1.60. The van der Waals surface area contributed by atoms with E-state index in [1.54, 1.807) is 18.2 Å². The van der Waals surface area contributed by atoms with Crippen molar-refractivity contribution in [3.05, 3.63) is 75.5 Å². The number of aromatic amines is 1. The van der Waals surface area contributed by atoms with E-state index in [1.807, 2.05) is 18.3 Å². The second-order valence-electron chi connectivity index (χ2n) is 8.31. The molecule has 3 aromatic rings. The van der Waals surface area contributed by atoms with Crippen molar-refractivity contribution in [2.75, 3.05) is 39.4 Å². The number of nitro benzene ring substituents is 1. The molecule has 1 amide bonds. The fraction of sp³-hybridized carbons (Fsp3) is 0.400. The van der Waals surface area contributed by atoms with Crippen LogP contribution in [0.1, 0.15) is 36.0 Å². The van der Waals surface area contributed by atoms with Gasteiger partial charge in [-0.25, -0.2) is 0 Å². The number of morpholine rings is 1. The molecule has 8 nitrogen and oxygen atoms in total. The number of hydrogen-bond acceptors (Lipinski definition) is 5. The van der Waals surface area contributed by atoms with Crippen LogP contribution in [0.4, 0.5) is 5.69 Å². The lowest BCUT2D eigenvalue weighted by molar-refractivity contribution is -0.385. The minimum Gasteiger partial charge on any atom is -0.379 e. The Hall–Kier alpha value is -3.23. The summed E-state index contributed by atoms with van der Waals surface area (Å²) in [4.78, 5) is 30.0. The third-order valence-corrected chi connectivity index (χ3v) is 6.34. The van der Waals surface area contributed by atoms with E-state index in [-0.39, 0.29) is 22.9 Å². The van der Waals surface area contributed by atoms with Gasteiger partial charge in [-0.1, -0.05) is 43.3 Å². The lowest BCUT2D eigenvalue weighted by Crippen LogP contribution is -2.41. The van der Waals surface area contributed by atoms with Gasteiger partial charge in [-0.3, -0.25) is 19.8 Å². The Morgan fingerprint density at radius 2 is 1.97 bits per heavy atom. The Kier molecular flexibility index (Phi) is 7.36. The van der Waals surface area contributed by atoms with Crippen molar-refractivity contribution in [2.45, 2.75) is 25.7 Å². The van der Waals surface area contributed by atoms with E-state index < -0.39 is 5.92 Å². The molecular weight excluding hydrogens is 420 g/mol. The molecule has 0 bridgehead atoms. The van der Waals surface area contributed by atoms with Crippen molar-refractivity contribution in [3.8, 4) is 0 Å². The molecule has 2 N–H and O–H groups in total. The Morgan fingerprint density at radius 1 is 1.18 bits per heavy atom. The third kappa shape index (κ3) is 5.23. The average molecular weight is 451 g/mol. The maximum Gasteiger partial charge on any atom is 0.273 e. The predicted octanol–water partition coefficient (Wildman–Crippen LogP) is 3.61. The first-order valence-electron chi connectivity index (χ1n) is 11.5. The van der Waals surface area contributed by atoms with E-state index in [2.05, 4.69) is 28.2 Å². The number of carbonyl (C=O) groups excluding carboxylic acids is 1. The highest BCUT2D eigenvalue weighted by Crippen LogP contribution is 2.38. The number of fused-ring (bicyclic) bond motifs is 1. The van der Waals surface area contributed by atoms with Crippen LogP contribution in [0.15, 0.2) is 48.7 Å². The van der Waals surface area contributed by atoms with Crippen LogP contribution >= 0.6 is 0 Å². The van der Waals surface area contributed by atoms with Gasteiger partial charge in [-0.2, -0.15) is 0 Å². The zero-order valence-electron chi connectivity index (χ0n) is 18.9. The Bertz CT molecular complexity index is 1120. The number of rotatable bonds is 9. The van der Waals surface area contributed by atoms with E-state index in [0.717, 1.165) is 42.5 Å². The summed E-state index contributed by atoms with van der Waals surface area (Å²) in [7, 11) is 0. The molecule has 174 valence electrons. The first-order valence-corrected chi connectivity index (χ1v) is 11.5. The van der Waals surface area contributed by atoms with Crippen LogP contribution in [0.25, 0.3) is 10.9 Å². The van der Waals surface area contributed by atoms with Gasteiger partial charge in [0.05, 0.1) is 18.1 Å². The number of ether oxygens (including phenoxy) is 1. The van der Waals surface area contributed by atoms with Crippen molar-refractivity contribution >= 4 is 22.5 Å². The summed E-state index contributed by atoms with van der Waals surface area (Å²) in [6, 6.07) is 12.8. The van der Waals surface area contributed by atoms with Gasteiger partial charge in [0.25, 0.3) is 5.69 Å². The maximum atomic E-state index is 13.0. The molecule has 1 aliphatic rings. The number of benzene rings is 2. The minimum atomic E-state index is -0.434. The summed E-state index contributed by atoms with van der Waals surface area (Å²) < 4.78 is 5.37. The number of aromatic nitrogens is 1. The molecule has 2 heterocycles. The van der Waals surface area contributed by atoms with Gasteiger partial charge in [0.1, 0.15) is 0 Å². The number of amides is 1. The van der Waals surface area contributed by atoms with Crippen LogP contribution in [0, 0.1) is 10.1 Å². The monoisotopic (exact) mass is 450 g/mol. The molecule has 0 aliphatic carbocycles. The molecule has 2 aromatic carbocycles. The highest BCUT2D eigenvalue weighted by atomic mass is 16.6. The lowest BCUT2D eigenvalue weighted by atomic mass is 9.86. The second-order valence-corrected chi connectivity index (χ2v) is 8.31. The van der Waals surface area contributed by atoms with Gasteiger partial charge in [0.15, 0.2) is 0 Å². The summed E-state index contributed by atoms with van der Waals surface area (Å²) in [5.41, 5.74) is 3.68. The van der Waals surface area contributed by atoms with E-state index >= 15 is 0 Å². The van der Waals surface area contributed by atoms with Crippen molar-refractivity contribution in [1.29, 1.82) is 0 Å². The summed E-state index contributed by atoms with van der Waals surface area (Å²) in [5, 5.41) is 15.8. The number of nitrogens with one attached hydrogen (secondary N) is 2. The fourth-order valence-electron chi connectivity index (χ4n) is 4.59. The number of carbonyl (C=O) groups is 1. The van der Waals surface area contributed by atoms with Gasteiger partial charge in [0.2, 0.25) is 5.91 Å². The van der Waals surface area contributed by atoms with Gasteiger partial charge < -0.3 is 15.0 Å². The lowest BCUT2D eigenvalue weighted by Gasteiger charge is -2.26. The van der Waals surface area contributed by atoms with Crippen molar-refractivity contribution in [1.82, 2.24) is 15.2 Å². The SMILES string of the molecule is CCc1cccc2c(C(CC(=O)NCCN3CCOCC3)c3ccccc3[N+](=O)[O-])c[nH]c12. The topological polar surface area (TPSA) is 100 Å². The van der Waals surface area contributed by atoms with Crippen LogP contribution in [-0.2, 0) is 16.0 Å². The molecule has 1 aliphatic heterocycles. The molecule has 1 saturated heterocycles. The molecule has 0 spiro atoms. The molecule has 1 fully saturated rings. The Labute approximate surface area is 193 Å². The fourth-order valence-corrected chi connectivity index (χ4v) is 4.59. The van der Waals surface area contributed by atoms with E-state index in [1.165, 1.54) is 11.6 Å². The molecule has 1 aromatic heterocycles. The van der Waals surface area contributed by atoms with Crippen LogP contribution in [0.3, 0.4) is 0 Å². The second kappa shape index (κ2) is 10.6. The largest absolute Gasteiger partial charge is 0.379 e. The summed E-state index contributed by atoms with van der Waals surface area (Å²) in [5.74, 6) is -0.553. The molecule has 1 unspecified atom stereocenters. The average Bonchev–Trinajstić information content (AvgIpc) is 3.27. The smallest absolute Gasteiger partial charge is 0.273 e. The van der Waals surface area contributed by atoms with E-state index in [4.69, 9.17) is 4.74 Å². The molecule has 0 saturated carbocycles. The van der Waals surface area contributed by atoms with Crippen LogP contribution in [-0.4, -0.2) is 60.1 Å². The van der Waals surface area contributed by atoms with Crippen molar-refractivity contribution in [3.63, 3.8) is 0 Å². The van der Waals surface area contributed by atoms with Crippen LogP contribution in [0.5, 0.6) is 0 Å². The summed E-state index contributed by atoms with van der Waals surface area (Å²) in [6.45, 7) is 6.56. The van der Waals surface area contributed by atoms with Crippen LogP contribution in [0.2, 0.25) is 0 Å². The maximum absolute atomic E-state index is 13.0. The number of aryl methyl sites for hydroxylation is 1. The molecular formula is C25H30N4O4. The number of H-pyrrole nitrogens is 1. The van der Waals surface area contributed by atoms with Gasteiger partial charge in [0, 0.05) is 67.2 Å². The number of hydrogen-bond donors (Lipinski definition) is 2. The quantitative estimate of drug-likeness (QED) is 0.383. The van der Waals surface area contributed by atoms with E-state index in [0.29, 0.717) is 25.3 Å². The summed E-state index contributed by atoms with van der Waals surface area (Å²) in [6.07, 6.45) is 2.90. The summed E-state index contributed by atoms with van der Waals surface area (Å²) >= 11 is 0. The first kappa shape index (κ1) is 22.9. The van der Waals surface area contributed by atoms with Crippen molar-refractivity contribution < 1.29 is 14.5 Å². The number of para-hydroxylation sites is 2. The third-order valence-electron chi connectivity index (χ3n) is 6.34. The number of nitro groups is 1. The van der Waals surface area contributed by atoms with E-state index in [9.17, 15) is 14.9 Å². The number of nitrogens with zero attached hydrogens (tertiary/aromatic N) is 2. The zero-order valence-corrected chi connectivity index (χ0v) is 18.9.